The summed E-state index contributed by atoms with van der Waals surface area (Å²) in [6.45, 7) is 3.78. The average molecular weight is 352 g/mol. The van der Waals surface area contributed by atoms with Crippen molar-refractivity contribution in [2.75, 3.05) is 6.61 Å². The number of H-pyrrole nitrogens is 1. The van der Waals surface area contributed by atoms with Gasteiger partial charge in [0.05, 0.1) is 18.8 Å². The number of hydrogen-bond donors (Lipinski definition) is 4. The van der Waals surface area contributed by atoms with Crippen molar-refractivity contribution in [1.29, 1.82) is 0 Å². The lowest BCUT2D eigenvalue weighted by atomic mass is 10.0. The molecule has 0 fully saturated rings. The van der Waals surface area contributed by atoms with Crippen LogP contribution in [0.25, 0.3) is 10.9 Å². The minimum absolute atomic E-state index is 0.241. The Morgan fingerprint density at radius 1 is 1.15 bits per heavy atom. The number of aromatic nitrogens is 1. The standard InChI is InChI=1S/C21H24N2O3/c1-13-8-14(2)17-11-19(23-18(17)9-13)21(26)22-16(12-24)10-20(25)15-6-4-3-5-7-15/h3-9,11,16,20,23-25H,10,12H2,1-2H3,(H,22,26). The molecule has 3 rings (SSSR count). The molecule has 2 aromatic carbocycles. The maximum absolute atomic E-state index is 12.6. The number of amides is 1. The number of carbonyl (C=O) groups is 1. The van der Waals surface area contributed by atoms with Gasteiger partial charge in [0.25, 0.3) is 5.91 Å². The third kappa shape index (κ3) is 3.95. The number of rotatable bonds is 6. The van der Waals surface area contributed by atoms with Gasteiger partial charge in [0.2, 0.25) is 0 Å². The minimum atomic E-state index is -0.749. The summed E-state index contributed by atoms with van der Waals surface area (Å²) in [5.41, 5.74) is 4.35. The number of fused-ring (bicyclic) bond motifs is 1. The van der Waals surface area contributed by atoms with E-state index in [4.69, 9.17) is 0 Å². The van der Waals surface area contributed by atoms with Crippen LogP contribution in [-0.2, 0) is 0 Å². The van der Waals surface area contributed by atoms with Gasteiger partial charge in [-0.05, 0) is 49.1 Å². The quantitative estimate of drug-likeness (QED) is 0.550. The Labute approximate surface area is 152 Å². The second kappa shape index (κ2) is 7.72. The van der Waals surface area contributed by atoms with Crippen LogP contribution in [0, 0.1) is 13.8 Å². The fourth-order valence-corrected chi connectivity index (χ4v) is 3.24. The van der Waals surface area contributed by atoms with Crippen LogP contribution in [-0.4, -0.2) is 33.8 Å². The lowest BCUT2D eigenvalue weighted by Crippen LogP contribution is -2.38. The summed E-state index contributed by atoms with van der Waals surface area (Å²) in [5, 5.41) is 23.7. The molecule has 1 amide bonds. The molecule has 0 aliphatic rings. The Kier molecular flexibility index (Phi) is 5.40. The predicted octanol–water partition coefficient (Wildman–Crippen LogP) is 3.00. The minimum Gasteiger partial charge on any atom is -0.394 e. The van der Waals surface area contributed by atoms with Crippen LogP contribution in [0.4, 0.5) is 0 Å². The zero-order valence-corrected chi connectivity index (χ0v) is 15.0. The van der Waals surface area contributed by atoms with Gasteiger partial charge >= 0.3 is 0 Å². The Bertz CT molecular complexity index is 902. The smallest absolute Gasteiger partial charge is 0.268 e. The maximum atomic E-state index is 12.6. The Morgan fingerprint density at radius 3 is 2.58 bits per heavy atom. The molecule has 2 atom stereocenters. The lowest BCUT2D eigenvalue weighted by molar-refractivity contribution is 0.0862. The van der Waals surface area contributed by atoms with Gasteiger partial charge in [-0.2, -0.15) is 0 Å². The summed E-state index contributed by atoms with van der Waals surface area (Å²) in [7, 11) is 0. The SMILES string of the molecule is Cc1cc(C)c2cc(C(=O)NC(CO)CC(O)c3ccccc3)[nH]c2c1. The van der Waals surface area contributed by atoms with Gasteiger partial charge in [0.1, 0.15) is 5.69 Å². The molecule has 2 unspecified atom stereocenters. The summed E-state index contributed by atoms with van der Waals surface area (Å²) < 4.78 is 0. The molecule has 0 saturated carbocycles. The van der Waals surface area contributed by atoms with E-state index in [0.29, 0.717) is 5.69 Å². The van der Waals surface area contributed by atoms with Crippen LogP contribution in [0.2, 0.25) is 0 Å². The number of benzene rings is 2. The third-order valence-electron chi connectivity index (χ3n) is 4.58. The zero-order valence-electron chi connectivity index (χ0n) is 15.0. The number of aromatic amines is 1. The van der Waals surface area contributed by atoms with E-state index in [1.54, 1.807) is 0 Å². The first kappa shape index (κ1) is 18.2. The molecule has 5 heteroatoms. The van der Waals surface area contributed by atoms with Crippen molar-refractivity contribution in [3.05, 3.63) is 70.9 Å². The number of aryl methyl sites for hydroxylation is 2. The second-order valence-corrected chi connectivity index (χ2v) is 6.74. The molecule has 0 aliphatic heterocycles. The molecule has 0 bridgehead atoms. The molecule has 0 spiro atoms. The fraction of sp³-hybridized carbons (Fsp3) is 0.286. The van der Waals surface area contributed by atoms with E-state index >= 15 is 0 Å². The molecule has 0 aliphatic carbocycles. The van der Waals surface area contributed by atoms with E-state index in [0.717, 1.165) is 27.6 Å². The summed E-state index contributed by atoms with van der Waals surface area (Å²) in [5.74, 6) is -0.294. The molecule has 26 heavy (non-hydrogen) atoms. The van der Waals surface area contributed by atoms with E-state index in [-0.39, 0.29) is 18.9 Å². The van der Waals surface area contributed by atoms with Crippen molar-refractivity contribution in [2.24, 2.45) is 0 Å². The Hall–Kier alpha value is -2.63. The molecule has 136 valence electrons. The van der Waals surface area contributed by atoms with Gasteiger partial charge in [-0.3, -0.25) is 4.79 Å². The second-order valence-electron chi connectivity index (χ2n) is 6.74. The number of aliphatic hydroxyl groups is 2. The zero-order chi connectivity index (χ0) is 18.7. The Balaban J connectivity index is 1.72. The van der Waals surface area contributed by atoms with Crippen molar-refractivity contribution in [3.63, 3.8) is 0 Å². The molecule has 3 aromatic rings. The molecule has 1 aromatic heterocycles. The molecule has 0 saturated heterocycles. The molecule has 4 N–H and O–H groups in total. The van der Waals surface area contributed by atoms with E-state index in [1.165, 1.54) is 0 Å². The van der Waals surface area contributed by atoms with Crippen LogP contribution in [0.1, 0.15) is 39.7 Å². The first-order chi connectivity index (χ1) is 12.5. The molecule has 0 radical (unpaired) electrons. The van der Waals surface area contributed by atoms with Crippen molar-refractivity contribution in [3.8, 4) is 0 Å². The Morgan fingerprint density at radius 2 is 1.88 bits per heavy atom. The van der Waals surface area contributed by atoms with Crippen molar-refractivity contribution < 1.29 is 15.0 Å². The van der Waals surface area contributed by atoms with E-state index in [2.05, 4.69) is 16.4 Å². The fourth-order valence-electron chi connectivity index (χ4n) is 3.24. The van der Waals surface area contributed by atoms with Gasteiger partial charge in [0.15, 0.2) is 0 Å². The van der Waals surface area contributed by atoms with Gasteiger partial charge in [-0.1, -0.05) is 36.4 Å². The first-order valence-corrected chi connectivity index (χ1v) is 8.72. The maximum Gasteiger partial charge on any atom is 0.268 e. The van der Waals surface area contributed by atoms with Crippen LogP contribution in [0.5, 0.6) is 0 Å². The topological polar surface area (TPSA) is 85.3 Å². The molecule has 5 nitrogen and oxygen atoms in total. The van der Waals surface area contributed by atoms with Crippen molar-refractivity contribution in [2.45, 2.75) is 32.4 Å². The van der Waals surface area contributed by atoms with Crippen LogP contribution in [0.15, 0.2) is 48.5 Å². The molecule has 1 heterocycles. The summed E-state index contributed by atoms with van der Waals surface area (Å²) >= 11 is 0. The van der Waals surface area contributed by atoms with Gasteiger partial charge < -0.3 is 20.5 Å². The highest BCUT2D eigenvalue weighted by Crippen LogP contribution is 2.22. The van der Waals surface area contributed by atoms with Gasteiger partial charge in [-0.25, -0.2) is 0 Å². The van der Waals surface area contributed by atoms with Gasteiger partial charge in [-0.15, -0.1) is 0 Å². The van der Waals surface area contributed by atoms with Crippen molar-refractivity contribution in [1.82, 2.24) is 10.3 Å². The average Bonchev–Trinajstić information content (AvgIpc) is 3.06. The largest absolute Gasteiger partial charge is 0.394 e. The number of nitrogens with one attached hydrogen (secondary N) is 2. The summed E-state index contributed by atoms with van der Waals surface area (Å²) in [6.07, 6.45) is -0.508. The number of aliphatic hydroxyl groups excluding tert-OH is 2. The van der Waals surface area contributed by atoms with Crippen LogP contribution >= 0.6 is 0 Å². The molecular weight excluding hydrogens is 328 g/mol. The van der Waals surface area contributed by atoms with E-state index in [9.17, 15) is 15.0 Å². The highest BCUT2D eigenvalue weighted by molar-refractivity contribution is 5.99. The molecular formula is C21H24N2O3. The number of hydrogen-bond acceptors (Lipinski definition) is 3. The predicted molar refractivity (Wildman–Crippen MR) is 102 cm³/mol. The number of carbonyl (C=O) groups excluding carboxylic acids is 1. The lowest BCUT2D eigenvalue weighted by Gasteiger charge is -2.19. The van der Waals surface area contributed by atoms with E-state index in [1.807, 2.05) is 56.3 Å². The van der Waals surface area contributed by atoms with Crippen LogP contribution in [0.3, 0.4) is 0 Å². The van der Waals surface area contributed by atoms with Crippen molar-refractivity contribution >= 4 is 16.8 Å². The summed E-state index contributed by atoms with van der Waals surface area (Å²) in [6, 6.07) is 14.6. The highest BCUT2D eigenvalue weighted by atomic mass is 16.3. The van der Waals surface area contributed by atoms with Gasteiger partial charge in [0, 0.05) is 10.9 Å². The highest BCUT2D eigenvalue weighted by Gasteiger charge is 2.19. The summed E-state index contributed by atoms with van der Waals surface area (Å²) in [4.78, 5) is 15.7. The van der Waals surface area contributed by atoms with Crippen LogP contribution < -0.4 is 5.32 Å². The normalized spacial score (nSPS) is 13.5. The first-order valence-electron chi connectivity index (χ1n) is 8.72. The monoisotopic (exact) mass is 352 g/mol. The third-order valence-corrected chi connectivity index (χ3v) is 4.58. The van der Waals surface area contributed by atoms with E-state index < -0.39 is 12.1 Å².